The molecule has 0 radical (unpaired) electrons. The van der Waals surface area contributed by atoms with Crippen molar-refractivity contribution in [3.63, 3.8) is 0 Å². The van der Waals surface area contributed by atoms with E-state index in [0.29, 0.717) is 34.1 Å². The first kappa shape index (κ1) is 59.1. The van der Waals surface area contributed by atoms with E-state index in [9.17, 15) is 101 Å². The van der Waals surface area contributed by atoms with Gasteiger partial charge in [-0.25, -0.2) is 8.42 Å². The Balaban J connectivity index is 0.000000334. The van der Waals surface area contributed by atoms with Crippen molar-refractivity contribution < 1.29 is 124 Å². The van der Waals surface area contributed by atoms with E-state index in [0.717, 1.165) is 11.8 Å². The molecule has 0 aromatic heterocycles. The Kier molecular flexibility index (Phi) is 14.6. The maximum atomic E-state index is 14.1. The van der Waals surface area contributed by atoms with Crippen LogP contribution in [0.2, 0.25) is 0 Å². The van der Waals surface area contributed by atoms with E-state index in [1.807, 2.05) is 12.1 Å². The van der Waals surface area contributed by atoms with Gasteiger partial charge in [-0.1, -0.05) is 49.4 Å². The minimum atomic E-state index is -7.33. The molecule has 4 bridgehead atoms. The maximum absolute atomic E-state index is 14.1. The van der Waals surface area contributed by atoms with E-state index in [2.05, 4.69) is 4.74 Å². The average Bonchev–Trinajstić information content (AvgIpc) is 4.07. The van der Waals surface area contributed by atoms with Crippen LogP contribution in [0, 0.1) is 34.5 Å². The second-order valence-electron chi connectivity index (χ2n) is 19.9. The van der Waals surface area contributed by atoms with Gasteiger partial charge in [-0.15, -0.1) is 0 Å². The Morgan fingerprint density at radius 3 is 1.31 bits per heavy atom. The van der Waals surface area contributed by atoms with Crippen LogP contribution in [0.5, 0.6) is 11.5 Å². The van der Waals surface area contributed by atoms with Crippen molar-refractivity contribution in [2.75, 3.05) is 19.8 Å². The molecule has 2 heterocycles. The Labute approximate surface area is 427 Å². The van der Waals surface area contributed by atoms with Crippen LogP contribution < -0.4 is 9.47 Å². The number of fused-ring (bicyclic) bond motifs is 10. The van der Waals surface area contributed by atoms with Crippen molar-refractivity contribution in [3.05, 3.63) is 78.9 Å². The molecule has 2 saturated heterocycles. The normalized spacial score (nSPS) is 29.1. The molecule has 77 heavy (non-hydrogen) atoms. The van der Waals surface area contributed by atoms with Gasteiger partial charge >= 0.3 is 47.9 Å². The van der Waals surface area contributed by atoms with Gasteiger partial charge in [0.05, 0.1) is 32.0 Å². The summed E-state index contributed by atoms with van der Waals surface area (Å²) in [6.07, 6.45) is -30.5. The third kappa shape index (κ3) is 8.91. The monoisotopic (exact) mass is 1180 g/mol. The number of benzene rings is 3. The topological polar surface area (TPSA) is 103 Å². The van der Waals surface area contributed by atoms with Crippen molar-refractivity contribution in [1.29, 1.82) is 0 Å². The Hall–Kier alpha value is -4.00. The molecule has 6 aliphatic rings. The van der Waals surface area contributed by atoms with Gasteiger partial charge < -0.3 is 28.2 Å². The molecule has 6 fully saturated rings. The molecule has 3 aromatic carbocycles. The van der Waals surface area contributed by atoms with Crippen molar-refractivity contribution in [2.45, 2.75) is 138 Å². The Morgan fingerprint density at radius 2 is 0.948 bits per heavy atom. The first-order valence-electron chi connectivity index (χ1n) is 23.2. The molecule has 4 saturated carbocycles. The smallest absolute Gasteiger partial charge is 0.426 e. The molecule has 3 aromatic rings. The van der Waals surface area contributed by atoms with Crippen LogP contribution in [0.4, 0.5) is 87.8 Å². The van der Waals surface area contributed by atoms with Gasteiger partial charge in [0.25, 0.3) is 11.2 Å². The number of rotatable bonds is 16. The lowest BCUT2D eigenvalue weighted by Gasteiger charge is -2.59. The fourth-order valence-corrected chi connectivity index (χ4v) is 14.8. The van der Waals surface area contributed by atoms with E-state index in [1.165, 1.54) is 0 Å². The zero-order valence-electron chi connectivity index (χ0n) is 39.2. The van der Waals surface area contributed by atoms with Crippen LogP contribution in [0.25, 0.3) is 0 Å². The van der Waals surface area contributed by atoms with Crippen LogP contribution >= 0.6 is 0 Å². The fraction of sp³-hybridized carbons (Fsp3) is 0.617. The van der Waals surface area contributed by atoms with Gasteiger partial charge in [-0.2, -0.15) is 87.8 Å². The van der Waals surface area contributed by atoms with Crippen LogP contribution in [0.3, 0.4) is 0 Å². The standard InChI is InChI=1S/C40H35F12O4S.C7H8F8O4S/c41-37(42,43)35(38(44,45)46)29-22-14-16-33(18-22,31(29)55-35)20-53-25-10-4-6-12-27(25)57(24-8-2-1-3-9-24)28-13-7-5-11-26(28)54-21-34-17-15-23(19-34)30-32(34)56-36(30,39(47,48)49)40(50,51)52;1-2-3-19-6(12,13)4(8,9)5(10,11)7(14,15)20(16,17)18/h1-13,22-23,29-32H,14-21H2;2-3H2,1H3,(H,16,17,18)/q+1;/p-1. The molecule has 4 aliphatic carbocycles. The predicted octanol–water partition coefficient (Wildman–Crippen LogP) is 13.3. The third-order valence-electron chi connectivity index (χ3n) is 15.6. The highest BCUT2D eigenvalue weighted by atomic mass is 32.2. The van der Waals surface area contributed by atoms with Crippen molar-refractivity contribution in [2.24, 2.45) is 34.5 Å². The molecular weight excluding hydrogens is 1140 g/mol. The summed E-state index contributed by atoms with van der Waals surface area (Å²) >= 11 is 0. The molecular formula is C47H42F20O8S2. The van der Waals surface area contributed by atoms with Crippen LogP contribution in [0.15, 0.2) is 93.5 Å². The summed E-state index contributed by atoms with van der Waals surface area (Å²) < 4.78 is 326. The van der Waals surface area contributed by atoms with Crippen molar-refractivity contribution >= 4 is 21.0 Å². The lowest BCUT2D eigenvalue weighted by atomic mass is 9.64. The van der Waals surface area contributed by atoms with Gasteiger partial charge in [0.2, 0.25) is 9.79 Å². The molecule has 8 nitrogen and oxygen atoms in total. The predicted molar refractivity (Wildman–Crippen MR) is 224 cm³/mol. The number of alkyl halides is 20. The van der Waals surface area contributed by atoms with Gasteiger partial charge in [0, 0.05) is 22.7 Å². The molecule has 0 N–H and O–H groups in total. The van der Waals surface area contributed by atoms with E-state index in [4.69, 9.17) is 18.9 Å². The van der Waals surface area contributed by atoms with Gasteiger partial charge in [-0.05, 0) is 93.2 Å². The number of hydrogen-bond acceptors (Lipinski definition) is 8. The lowest BCUT2D eigenvalue weighted by Crippen LogP contribution is -2.77. The molecule has 430 valence electrons. The summed E-state index contributed by atoms with van der Waals surface area (Å²) in [7, 11) is -8.36. The molecule has 0 amide bonds. The lowest BCUT2D eigenvalue weighted by molar-refractivity contribution is -0.476. The number of para-hydroxylation sites is 2. The minimum absolute atomic E-state index is 0.0840. The first-order chi connectivity index (χ1) is 35.3. The quantitative estimate of drug-likeness (QED) is 0.0794. The maximum Gasteiger partial charge on any atom is 0.426 e. The minimum Gasteiger partial charge on any atom is -0.743 e. The number of ether oxygens (including phenoxy) is 5. The number of halogens is 20. The molecule has 8 atom stereocenters. The highest BCUT2D eigenvalue weighted by Crippen LogP contribution is 2.75. The summed E-state index contributed by atoms with van der Waals surface area (Å²) in [4.78, 5) is 1.99. The molecule has 0 spiro atoms. The van der Waals surface area contributed by atoms with Crippen LogP contribution in [-0.4, -0.2) is 104 Å². The van der Waals surface area contributed by atoms with Gasteiger partial charge in [0.1, 0.15) is 10.9 Å². The van der Waals surface area contributed by atoms with E-state index >= 15 is 0 Å². The number of hydrogen-bond donors (Lipinski definition) is 0. The molecule has 30 heteroatoms. The van der Waals surface area contributed by atoms with Gasteiger partial charge in [0.15, 0.2) is 26.5 Å². The zero-order chi connectivity index (χ0) is 57.2. The second-order valence-corrected chi connectivity index (χ2v) is 23.3. The zero-order valence-corrected chi connectivity index (χ0v) is 40.8. The van der Waals surface area contributed by atoms with Crippen LogP contribution in [0.1, 0.15) is 51.9 Å². The molecule has 9 rings (SSSR count). The summed E-state index contributed by atoms with van der Waals surface area (Å²) in [5, 5.41) is -6.96. The first-order valence-corrected chi connectivity index (χ1v) is 25.9. The van der Waals surface area contributed by atoms with Gasteiger partial charge in [-0.3, -0.25) is 0 Å². The summed E-state index contributed by atoms with van der Waals surface area (Å²) in [6, 6.07) is 22.9. The average molecular weight is 1180 g/mol. The largest absolute Gasteiger partial charge is 0.743 e. The highest BCUT2D eigenvalue weighted by Gasteiger charge is 2.90. The summed E-state index contributed by atoms with van der Waals surface area (Å²) in [5.74, 6) is -18.7. The highest BCUT2D eigenvalue weighted by molar-refractivity contribution is 7.97. The van der Waals surface area contributed by atoms with E-state index < -0.39 is 133 Å². The van der Waals surface area contributed by atoms with E-state index in [1.54, 1.807) is 66.7 Å². The Bertz CT molecular complexity index is 2600. The third-order valence-corrected chi connectivity index (χ3v) is 18.7. The molecule has 8 unspecified atom stereocenters. The SMILES string of the molecule is CCCOC(F)(F)C(F)(F)C(F)(F)C(F)(F)S(=O)(=O)[O-].FC(F)(F)C1(C(F)(F)F)OC2C1C1CCC2(COc2ccccc2[S+](c2ccccc2)c2ccccc2OCC23CCC(C2)C2C3OC2(C(F)(F)F)C(F)(F)F)C1. The molecule has 2 aliphatic heterocycles. The second kappa shape index (κ2) is 19.1. The Morgan fingerprint density at radius 1 is 0.571 bits per heavy atom. The fourth-order valence-electron chi connectivity index (χ4n) is 12.1. The summed E-state index contributed by atoms with van der Waals surface area (Å²) in [6.45, 7) is -0.472. The van der Waals surface area contributed by atoms with Crippen LogP contribution in [-0.2, 0) is 35.2 Å². The van der Waals surface area contributed by atoms with Crippen molar-refractivity contribution in [3.8, 4) is 11.5 Å². The summed E-state index contributed by atoms with van der Waals surface area (Å²) in [5.41, 5.74) is -10.6. The van der Waals surface area contributed by atoms with E-state index in [-0.39, 0.29) is 45.3 Å². The van der Waals surface area contributed by atoms with Crippen molar-refractivity contribution in [1.82, 2.24) is 0 Å².